The number of H-pyrrole nitrogens is 3. The minimum Gasteiger partial charge on any atom is -0.348 e. The lowest BCUT2D eigenvalue weighted by atomic mass is 10.1. The minimum atomic E-state index is 0. The molecule has 0 atom stereocenters. The molecule has 3 rings (SSSR count). The molecule has 0 spiro atoms. The molecule has 0 aromatic carbocycles. The third kappa shape index (κ3) is 4.69. The summed E-state index contributed by atoms with van der Waals surface area (Å²) in [5.41, 5.74) is 1.26. The van der Waals surface area contributed by atoms with Crippen LogP contribution in [-0.4, -0.2) is 29.9 Å². The quantitative estimate of drug-likeness (QED) is 0.441. The van der Waals surface area contributed by atoms with Crippen molar-refractivity contribution in [3.05, 3.63) is 66.3 Å². The maximum Gasteiger partial charge on any atom is 0.110 e. The maximum absolute atomic E-state index is 4.28. The van der Waals surface area contributed by atoms with E-state index in [2.05, 4.69) is 36.0 Å². The zero-order valence-corrected chi connectivity index (χ0v) is 12.4. The Morgan fingerprint density at radius 1 is 0.773 bits per heavy atom. The van der Waals surface area contributed by atoms with E-state index in [0.717, 1.165) is 36.7 Å². The van der Waals surface area contributed by atoms with Crippen molar-refractivity contribution in [3.8, 4) is 0 Å². The molecule has 8 heteroatoms. The standard InChI is InChI=1S/C14H16N6.2H3N/c1(2-12-15-3-4-16-12)11(9-13-17-5-6-18-13)10-14-19-7-8-20-14;;/h1,3-8H,2,9-10H2,(H,15,16)(H,17,18)(H,19,20);2*1H3. The molecule has 3 aromatic rings. The molecule has 0 aliphatic rings. The summed E-state index contributed by atoms with van der Waals surface area (Å²) < 4.78 is 0. The molecule has 0 aliphatic heterocycles. The fourth-order valence-corrected chi connectivity index (χ4v) is 2.08. The molecule has 0 fully saturated rings. The lowest BCUT2D eigenvalue weighted by Crippen LogP contribution is -2.00. The topological polar surface area (TPSA) is 156 Å². The second-order valence-electron chi connectivity index (χ2n) is 4.53. The van der Waals surface area contributed by atoms with E-state index < -0.39 is 0 Å². The summed E-state index contributed by atoms with van der Waals surface area (Å²) in [6.07, 6.45) is 15.4. The fraction of sp³-hybridized carbons (Fsp3) is 0.214. The number of hydrogen-bond donors (Lipinski definition) is 5. The second-order valence-corrected chi connectivity index (χ2v) is 4.53. The zero-order valence-electron chi connectivity index (χ0n) is 12.4. The monoisotopic (exact) mass is 302 g/mol. The van der Waals surface area contributed by atoms with E-state index in [1.807, 2.05) is 18.6 Å². The molecule has 0 saturated carbocycles. The van der Waals surface area contributed by atoms with Crippen molar-refractivity contribution in [2.24, 2.45) is 0 Å². The van der Waals surface area contributed by atoms with Crippen LogP contribution in [0.3, 0.4) is 0 Å². The molecule has 0 aliphatic carbocycles. The Labute approximate surface area is 128 Å². The summed E-state index contributed by atoms with van der Waals surface area (Å²) in [7, 11) is 0. The first kappa shape index (κ1) is 17.3. The molecule has 118 valence electrons. The Hall–Kier alpha value is -2.71. The Morgan fingerprint density at radius 3 is 1.64 bits per heavy atom. The van der Waals surface area contributed by atoms with Crippen LogP contribution in [0.15, 0.2) is 48.8 Å². The van der Waals surface area contributed by atoms with E-state index in [4.69, 9.17) is 0 Å². The number of aromatic nitrogens is 6. The molecule has 9 N–H and O–H groups in total. The smallest absolute Gasteiger partial charge is 0.110 e. The van der Waals surface area contributed by atoms with Gasteiger partial charge in [0.2, 0.25) is 0 Å². The Balaban J connectivity index is 0.00000121. The first-order valence-electron chi connectivity index (χ1n) is 6.53. The highest BCUT2D eigenvalue weighted by molar-refractivity contribution is 5.16. The first-order valence-corrected chi connectivity index (χ1v) is 6.53. The second kappa shape index (κ2) is 8.55. The first-order chi connectivity index (χ1) is 9.90. The molecule has 0 bridgehead atoms. The highest BCUT2D eigenvalue weighted by atomic mass is 14.9. The van der Waals surface area contributed by atoms with Gasteiger partial charge in [-0.1, -0.05) is 11.6 Å². The van der Waals surface area contributed by atoms with Crippen LogP contribution in [0.4, 0.5) is 0 Å². The van der Waals surface area contributed by atoms with Crippen molar-refractivity contribution >= 4 is 0 Å². The number of hydrogen-bond acceptors (Lipinski definition) is 5. The van der Waals surface area contributed by atoms with Crippen LogP contribution in [0.1, 0.15) is 17.5 Å². The summed E-state index contributed by atoms with van der Waals surface area (Å²) in [4.78, 5) is 22.2. The van der Waals surface area contributed by atoms with Gasteiger partial charge in [0.05, 0.1) is 0 Å². The largest absolute Gasteiger partial charge is 0.348 e. The lowest BCUT2D eigenvalue weighted by Gasteiger charge is -2.04. The maximum atomic E-state index is 4.28. The van der Waals surface area contributed by atoms with Gasteiger partial charge in [0.1, 0.15) is 17.5 Å². The molecular weight excluding hydrogens is 280 g/mol. The van der Waals surface area contributed by atoms with E-state index in [1.54, 1.807) is 18.6 Å². The van der Waals surface area contributed by atoms with Crippen LogP contribution >= 0.6 is 0 Å². The van der Waals surface area contributed by atoms with Crippen LogP contribution in [-0.2, 0) is 19.3 Å². The van der Waals surface area contributed by atoms with Gasteiger partial charge in [-0.3, -0.25) is 0 Å². The Bertz CT molecular complexity index is 599. The highest BCUT2D eigenvalue weighted by Gasteiger charge is 2.05. The molecule has 22 heavy (non-hydrogen) atoms. The summed E-state index contributed by atoms with van der Waals surface area (Å²) in [5, 5.41) is 0. The van der Waals surface area contributed by atoms with Crippen LogP contribution in [0.25, 0.3) is 0 Å². The molecule has 3 aromatic heterocycles. The van der Waals surface area contributed by atoms with Gasteiger partial charge in [-0.2, -0.15) is 0 Å². The van der Waals surface area contributed by atoms with Gasteiger partial charge in [0.15, 0.2) is 0 Å². The van der Waals surface area contributed by atoms with E-state index in [-0.39, 0.29) is 12.3 Å². The van der Waals surface area contributed by atoms with Gasteiger partial charge in [-0.05, 0) is 0 Å². The average molecular weight is 302 g/mol. The minimum absolute atomic E-state index is 0. The third-order valence-corrected chi connectivity index (χ3v) is 3.04. The number of imidazole rings is 3. The summed E-state index contributed by atoms with van der Waals surface area (Å²) in [6.45, 7) is 0. The van der Waals surface area contributed by atoms with Crippen molar-refractivity contribution in [1.29, 1.82) is 0 Å². The van der Waals surface area contributed by atoms with Gasteiger partial charge >= 0.3 is 0 Å². The van der Waals surface area contributed by atoms with Crippen molar-refractivity contribution < 1.29 is 0 Å². The number of aromatic amines is 3. The number of allylic oxidation sites excluding steroid dienone is 2. The molecule has 0 amide bonds. The van der Waals surface area contributed by atoms with Crippen LogP contribution in [0.5, 0.6) is 0 Å². The summed E-state index contributed by atoms with van der Waals surface area (Å²) in [6, 6.07) is 0. The van der Waals surface area contributed by atoms with Crippen LogP contribution in [0.2, 0.25) is 0 Å². The number of rotatable bonds is 6. The van der Waals surface area contributed by atoms with Crippen LogP contribution < -0.4 is 12.3 Å². The molecule has 3 heterocycles. The van der Waals surface area contributed by atoms with Gasteiger partial charge in [0.25, 0.3) is 0 Å². The predicted octanol–water partition coefficient (Wildman–Crippen LogP) is 2.13. The normalized spacial score (nSPS) is 9.64. The number of nitrogens with one attached hydrogen (secondary N) is 3. The zero-order chi connectivity index (χ0) is 13.6. The summed E-state index contributed by atoms with van der Waals surface area (Å²) >= 11 is 0. The molecular formula is C14H22N8. The molecule has 0 unspecified atom stereocenters. The Morgan fingerprint density at radius 2 is 1.23 bits per heavy atom. The Kier molecular flexibility index (Phi) is 6.74. The van der Waals surface area contributed by atoms with Gasteiger partial charge < -0.3 is 27.3 Å². The molecule has 0 radical (unpaired) electrons. The van der Waals surface area contributed by atoms with E-state index in [0.29, 0.717) is 0 Å². The number of nitrogens with zero attached hydrogens (tertiary/aromatic N) is 3. The van der Waals surface area contributed by atoms with Crippen molar-refractivity contribution in [1.82, 2.24) is 42.2 Å². The van der Waals surface area contributed by atoms with Crippen molar-refractivity contribution in [2.45, 2.75) is 19.3 Å². The van der Waals surface area contributed by atoms with Crippen LogP contribution in [0, 0.1) is 0 Å². The van der Waals surface area contributed by atoms with Gasteiger partial charge in [0, 0.05) is 56.4 Å². The predicted molar refractivity (Wildman–Crippen MR) is 85.0 cm³/mol. The van der Waals surface area contributed by atoms with E-state index in [9.17, 15) is 0 Å². The van der Waals surface area contributed by atoms with Gasteiger partial charge in [-0.15, -0.1) is 0 Å². The van der Waals surface area contributed by atoms with Crippen molar-refractivity contribution in [2.75, 3.05) is 0 Å². The van der Waals surface area contributed by atoms with E-state index in [1.165, 1.54) is 5.57 Å². The van der Waals surface area contributed by atoms with E-state index >= 15 is 0 Å². The third-order valence-electron chi connectivity index (χ3n) is 3.04. The van der Waals surface area contributed by atoms with Gasteiger partial charge in [-0.25, -0.2) is 15.0 Å². The average Bonchev–Trinajstić information content (AvgIpc) is 3.20. The van der Waals surface area contributed by atoms with Crippen molar-refractivity contribution in [3.63, 3.8) is 0 Å². The summed E-state index contributed by atoms with van der Waals surface area (Å²) in [5.74, 6) is 2.88. The molecule has 0 saturated heterocycles. The SMILES string of the molecule is C(Cc1ncc[nH]1)=C(Cc1ncc[nH]1)Cc1ncc[nH]1.N.N. The fourth-order valence-electron chi connectivity index (χ4n) is 2.08. The highest BCUT2D eigenvalue weighted by Crippen LogP contribution is 2.10. The molecule has 8 nitrogen and oxygen atoms in total. The lowest BCUT2D eigenvalue weighted by molar-refractivity contribution is 0.898.